The quantitative estimate of drug-likeness (QED) is 0.415. The molecule has 2 N–H and O–H groups in total. The summed E-state index contributed by atoms with van der Waals surface area (Å²) >= 11 is 0. The molecular formula is C15H28N4O2. The van der Waals surface area contributed by atoms with Crippen molar-refractivity contribution in [1.29, 1.82) is 0 Å². The normalized spacial score (nSPS) is 12.0. The zero-order valence-electron chi connectivity index (χ0n) is 13.6. The van der Waals surface area contributed by atoms with Crippen LogP contribution in [0.1, 0.15) is 51.5 Å². The first-order valence-electron chi connectivity index (χ1n) is 7.72. The van der Waals surface area contributed by atoms with Gasteiger partial charge in [0.15, 0.2) is 11.7 Å². The fourth-order valence-electron chi connectivity index (χ4n) is 1.70. The number of nitrogens with one attached hydrogen (secondary N) is 2. The van der Waals surface area contributed by atoms with E-state index in [-0.39, 0.29) is 0 Å². The first kappa shape index (κ1) is 17.5. The van der Waals surface area contributed by atoms with Crippen LogP contribution in [-0.4, -0.2) is 37.4 Å². The molecule has 1 aromatic rings. The van der Waals surface area contributed by atoms with Crippen molar-refractivity contribution in [2.45, 2.75) is 46.6 Å². The maximum atomic E-state index is 5.31. The molecule has 1 aromatic heterocycles. The van der Waals surface area contributed by atoms with Crippen molar-refractivity contribution in [3.63, 3.8) is 0 Å². The molecule has 1 heterocycles. The monoisotopic (exact) mass is 296 g/mol. The number of nitrogens with zero attached hydrogens (tertiary/aromatic N) is 2. The highest BCUT2D eigenvalue weighted by molar-refractivity contribution is 5.79. The van der Waals surface area contributed by atoms with Gasteiger partial charge in [-0.2, -0.15) is 0 Å². The predicted molar refractivity (Wildman–Crippen MR) is 84.5 cm³/mol. The van der Waals surface area contributed by atoms with Crippen LogP contribution < -0.4 is 10.6 Å². The van der Waals surface area contributed by atoms with E-state index in [0.717, 1.165) is 50.1 Å². The SMILES string of the molecule is CCNC(=NCc1cc(C(C)C)no1)NCCCOCC. The zero-order valence-corrected chi connectivity index (χ0v) is 13.6. The molecule has 0 unspecified atom stereocenters. The second kappa shape index (κ2) is 10.2. The first-order chi connectivity index (χ1) is 10.2. The average molecular weight is 296 g/mol. The zero-order chi connectivity index (χ0) is 15.5. The molecule has 0 aromatic carbocycles. The average Bonchev–Trinajstić information content (AvgIpc) is 2.93. The first-order valence-corrected chi connectivity index (χ1v) is 7.72. The van der Waals surface area contributed by atoms with Crippen LogP contribution in [0.4, 0.5) is 0 Å². The summed E-state index contributed by atoms with van der Waals surface area (Å²) in [4.78, 5) is 4.49. The lowest BCUT2D eigenvalue weighted by Gasteiger charge is -2.10. The van der Waals surface area contributed by atoms with Crippen LogP contribution in [-0.2, 0) is 11.3 Å². The van der Waals surface area contributed by atoms with Gasteiger partial charge in [-0.25, -0.2) is 4.99 Å². The minimum atomic E-state index is 0.372. The van der Waals surface area contributed by atoms with Crippen molar-refractivity contribution in [1.82, 2.24) is 15.8 Å². The fourth-order valence-corrected chi connectivity index (χ4v) is 1.70. The van der Waals surface area contributed by atoms with E-state index in [2.05, 4.69) is 34.6 Å². The largest absolute Gasteiger partial charge is 0.382 e. The molecule has 0 bridgehead atoms. The van der Waals surface area contributed by atoms with Crippen molar-refractivity contribution in [2.75, 3.05) is 26.3 Å². The molecule has 21 heavy (non-hydrogen) atoms. The van der Waals surface area contributed by atoms with E-state index in [1.54, 1.807) is 0 Å². The number of ether oxygens (including phenoxy) is 1. The van der Waals surface area contributed by atoms with Crippen LogP contribution in [0.5, 0.6) is 0 Å². The summed E-state index contributed by atoms with van der Waals surface area (Å²) in [5.41, 5.74) is 0.967. The topological polar surface area (TPSA) is 71.7 Å². The lowest BCUT2D eigenvalue weighted by Crippen LogP contribution is -2.38. The van der Waals surface area contributed by atoms with E-state index in [1.807, 2.05) is 19.9 Å². The van der Waals surface area contributed by atoms with Crippen LogP contribution >= 0.6 is 0 Å². The Balaban J connectivity index is 2.42. The molecule has 0 spiro atoms. The second-order valence-electron chi connectivity index (χ2n) is 5.05. The number of aliphatic imine (C=N–C) groups is 1. The number of rotatable bonds is 9. The molecule has 0 saturated carbocycles. The predicted octanol–water partition coefficient (Wildman–Crippen LogP) is 2.28. The molecule has 0 aliphatic rings. The van der Waals surface area contributed by atoms with Crippen LogP contribution in [0.3, 0.4) is 0 Å². The van der Waals surface area contributed by atoms with Crippen LogP contribution in [0.2, 0.25) is 0 Å². The van der Waals surface area contributed by atoms with E-state index in [9.17, 15) is 0 Å². The third-order valence-electron chi connectivity index (χ3n) is 2.87. The molecule has 0 aliphatic heterocycles. The molecule has 6 nitrogen and oxygen atoms in total. The molecule has 120 valence electrons. The Bertz CT molecular complexity index is 416. The summed E-state index contributed by atoms with van der Waals surface area (Å²) in [5.74, 6) is 1.94. The Kier molecular flexibility index (Phi) is 8.50. The van der Waals surface area contributed by atoms with Gasteiger partial charge in [-0.05, 0) is 26.2 Å². The van der Waals surface area contributed by atoms with Crippen molar-refractivity contribution in [3.05, 3.63) is 17.5 Å². The summed E-state index contributed by atoms with van der Waals surface area (Å²) < 4.78 is 10.6. The molecule has 1 rings (SSSR count). The summed E-state index contributed by atoms with van der Waals surface area (Å²) in [6.07, 6.45) is 0.956. The highest BCUT2D eigenvalue weighted by atomic mass is 16.5. The highest BCUT2D eigenvalue weighted by Crippen LogP contribution is 2.14. The number of guanidine groups is 1. The molecule has 0 fully saturated rings. The summed E-state index contributed by atoms with van der Waals surface area (Å²) in [7, 11) is 0. The van der Waals surface area contributed by atoms with Gasteiger partial charge in [0.2, 0.25) is 0 Å². The Labute approximate surface area is 127 Å². The Morgan fingerprint density at radius 3 is 2.81 bits per heavy atom. The van der Waals surface area contributed by atoms with Gasteiger partial charge in [-0.3, -0.25) is 0 Å². The third-order valence-corrected chi connectivity index (χ3v) is 2.87. The van der Waals surface area contributed by atoms with Gasteiger partial charge in [0.25, 0.3) is 0 Å². The molecule has 0 radical (unpaired) electrons. The highest BCUT2D eigenvalue weighted by Gasteiger charge is 2.07. The van der Waals surface area contributed by atoms with Gasteiger partial charge >= 0.3 is 0 Å². The number of hydrogen-bond donors (Lipinski definition) is 2. The fraction of sp³-hybridized carbons (Fsp3) is 0.733. The minimum Gasteiger partial charge on any atom is -0.382 e. The number of aromatic nitrogens is 1. The van der Waals surface area contributed by atoms with E-state index >= 15 is 0 Å². The van der Waals surface area contributed by atoms with Crippen LogP contribution in [0.15, 0.2) is 15.6 Å². The molecule has 6 heteroatoms. The van der Waals surface area contributed by atoms with Crippen molar-refractivity contribution >= 4 is 5.96 Å². The Morgan fingerprint density at radius 1 is 1.38 bits per heavy atom. The smallest absolute Gasteiger partial charge is 0.191 e. The second-order valence-corrected chi connectivity index (χ2v) is 5.05. The Hall–Kier alpha value is -1.56. The number of hydrogen-bond acceptors (Lipinski definition) is 4. The van der Waals surface area contributed by atoms with E-state index in [4.69, 9.17) is 9.26 Å². The minimum absolute atomic E-state index is 0.372. The van der Waals surface area contributed by atoms with Crippen molar-refractivity contribution < 1.29 is 9.26 Å². The third kappa shape index (κ3) is 7.13. The van der Waals surface area contributed by atoms with Crippen molar-refractivity contribution in [3.8, 4) is 0 Å². The lowest BCUT2D eigenvalue weighted by atomic mass is 10.1. The van der Waals surface area contributed by atoms with Crippen LogP contribution in [0, 0.1) is 0 Å². The van der Waals surface area contributed by atoms with Crippen LogP contribution in [0.25, 0.3) is 0 Å². The summed E-state index contributed by atoms with van der Waals surface area (Å²) in [5, 5.41) is 10.5. The molecular weight excluding hydrogens is 268 g/mol. The maximum absolute atomic E-state index is 5.31. The van der Waals surface area contributed by atoms with Gasteiger partial charge in [-0.15, -0.1) is 0 Å². The summed E-state index contributed by atoms with van der Waals surface area (Å²) in [6, 6.07) is 1.97. The Morgan fingerprint density at radius 2 is 2.19 bits per heavy atom. The molecule has 0 aliphatic carbocycles. The standard InChI is InChI=1S/C15H28N4O2/c1-5-16-15(17-8-7-9-20-6-2)18-11-13-10-14(12(3)4)19-21-13/h10,12H,5-9,11H2,1-4H3,(H2,16,17,18). The molecule has 0 saturated heterocycles. The van der Waals surface area contributed by atoms with Gasteiger partial charge in [0.05, 0.1) is 5.69 Å². The van der Waals surface area contributed by atoms with E-state index in [0.29, 0.717) is 12.5 Å². The molecule has 0 amide bonds. The lowest BCUT2D eigenvalue weighted by molar-refractivity contribution is 0.145. The van der Waals surface area contributed by atoms with Gasteiger partial charge in [0.1, 0.15) is 6.54 Å². The van der Waals surface area contributed by atoms with Gasteiger partial charge in [-0.1, -0.05) is 19.0 Å². The summed E-state index contributed by atoms with van der Waals surface area (Å²) in [6.45, 7) is 11.9. The van der Waals surface area contributed by atoms with Crippen molar-refractivity contribution in [2.24, 2.45) is 4.99 Å². The van der Waals surface area contributed by atoms with E-state index < -0.39 is 0 Å². The van der Waals surface area contributed by atoms with Gasteiger partial charge in [0, 0.05) is 32.4 Å². The maximum Gasteiger partial charge on any atom is 0.191 e. The molecule has 0 atom stereocenters. The van der Waals surface area contributed by atoms with E-state index in [1.165, 1.54) is 0 Å². The van der Waals surface area contributed by atoms with Gasteiger partial charge < -0.3 is 19.9 Å².